The highest BCUT2D eigenvalue weighted by Gasteiger charge is 2.24. The smallest absolute Gasteiger partial charge is 0.160 e. The first kappa shape index (κ1) is 13.2. The molecule has 0 spiro atoms. The quantitative estimate of drug-likeness (QED) is 0.803. The van der Waals surface area contributed by atoms with Gasteiger partial charge in [0.15, 0.2) is 5.65 Å². The van der Waals surface area contributed by atoms with Crippen LogP contribution in [0.4, 0.5) is 0 Å². The van der Waals surface area contributed by atoms with Crippen LogP contribution in [0.15, 0.2) is 30.5 Å². The first-order chi connectivity index (χ1) is 10.3. The summed E-state index contributed by atoms with van der Waals surface area (Å²) in [5.74, 6) is 1.000. The van der Waals surface area contributed by atoms with Gasteiger partial charge in [-0.2, -0.15) is 0 Å². The Labute approximate surface area is 131 Å². The molecule has 0 fully saturated rings. The van der Waals surface area contributed by atoms with Crippen LogP contribution in [0.2, 0.25) is 4.34 Å². The highest BCUT2D eigenvalue weighted by atomic mass is 35.5. The molecule has 1 aliphatic carbocycles. The molecule has 6 heteroatoms. The minimum absolute atomic E-state index is 0.433. The average molecular weight is 319 g/mol. The van der Waals surface area contributed by atoms with Crippen molar-refractivity contribution >= 4 is 28.6 Å². The minimum Gasteiger partial charge on any atom is -0.309 e. The number of pyridine rings is 1. The zero-order chi connectivity index (χ0) is 14.2. The van der Waals surface area contributed by atoms with Crippen molar-refractivity contribution in [3.05, 3.63) is 51.1 Å². The third kappa shape index (κ3) is 2.46. The number of rotatable bonds is 4. The van der Waals surface area contributed by atoms with Gasteiger partial charge in [0.25, 0.3) is 0 Å². The van der Waals surface area contributed by atoms with E-state index in [2.05, 4.69) is 21.6 Å². The molecule has 0 saturated heterocycles. The van der Waals surface area contributed by atoms with Crippen LogP contribution >= 0.6 is 22.9 Å². The summed E-state index contributed by atoms with van der Waals surface area (Å²) in [5, 5.41) is 12.1. The van der Waals surface area contributed by atoms with Crippen LogP contribution < -0.4 is 5.32 Å². The topological polar surface area (TPSA) is 42.2 Å². The minimum atomic E-state index is 0.433. The van der Waals surface area contributed by atoms with Crippen LogP contribution in [-0.2, 0) is 12.8 Å². The second-order valence-electron chi connectivity index (χ2n) is 5.27. The molecule has 3 aromatic heterocycles. The van der Waals surface area contributed by atoms with Crippen molar-refractivity contribution in [3.63, 3.8) is 0 Å². The number of fused-ring (bicyclic) bond motifs is 2. The molecule has 3 heterocycles. The van der Waals surface area contributed by atoms with E-state index in [9.17, 15) is 0 Å². The van der Waals surface area contributed by atoms with Crippen molar-refractivity contribution < 1.29 is 0 Å². The van der Waals surface area contributed by atoms with E-state index in [-0.39, 0.29) is 0 Å². The summed E-state index contributed by atoms with van der Waals surface area (Å²) in [4.78, 5) is 1.44. The normalized spacial score (nSPS) is 17.5. The maximum atomic E-state index is 6.09. The lowest BCUT2D eigenvalue weighted by Gasteiger charge is -2.12. The average Bonchev–Trinajstić information content (AvgIpc) is 3.15. The van der Waals surface area contributed by atoms with Gasteiger partial charge in [0.2, 0.25) is 0 Å². The van der Waals surface area contributed by atoms with E-state index in [0.717, 1.165) is 35.2 Å². The van der Waals surface area contributed by atoms with Crippen molar-refractivity contribution in [1.29, 1.82) is 0 Å². The molecule has 0 amide bonds. The molecule has 0 aliphatic heterocycles. The molecular formula is C15H15ClN4S. The Morgan fingerprint density at radius 2 is 2.33 bits per heavy atom. The fourth-order valence-electron chi connectivity index (χ4n) is 2.96. The summed E-state index contributed by atoms with van der Waals surface area (Å²) in [6.45, 7) is 0.896. The molecule has 1 aliphatic rings. The molecule has 0 bridgehead atoms. The zero-order valence-corrected chi connectivity index (χ0v) is 13.0. The number of thiophene rings is 1. The Hall–Kier alpha value is -1.43. The van der Waals surface area contributed by atoms with Crippen molar-refractivity contribution in [2.45, 2.75) is 25.3 Å². The lowest BCUT2D eigenvalue weighted by atomic mass is 10.2. The van der Waals surface area contributed by atoms with Gasteiger partial charge >= 0.3 is 0 Å². The third-order valence-corrected chi connectivity index (χ3v) is 5.31. The predicted molar refractivity (Wildman–Crippen MR) is 85.1 cm³/mol. The van der Waals surface area contributed by atoms with Gasteiger partial charge in [-0.25, -0.2) is 0 Å². The monoisotopic (exact) mass is 318 g/mol. The summed E-state index contributed by atoms with van der Waals surface area (Å²) >= 11 is 7.81. The number of aryl methyl sites for hydroxylation is 1. The van der Waals surface area contributed by atoms with Gasteiger partial charge < -0.3 is 5.32 Å². The maximum Gasteiger partial charge on any atom is 0.160 e. The Balaban J connectivity index is 1.42. The molecule has 4 rings (SSSR count). The van der Waals surface area contributed by atoms with E-state index in [4.69, 9.17) is 11.6 Å². The second-order valence-corrected chi connectivity index (χ2v) is 7.04. The molecule has 1 unspecified atom stereocenters. The van der Waals surface area contributed by atoms with E-state index in [1.165, 1.54) is 16.9 Å². The number of nitrogens with one attached hydrogen (secondary N) is 1. The lowest BCUT2D eigenvalue weighted by molar-refractivity contribution is 0.528. The molecule has 1 N–H and O–H groups in total. The first-order valence-electron chi connectivity index (χ1n) is 7.11. The number of aromatic nitrogens is 3. The number of hydrogen-bond acceptors (Lipinski definition) is 4. The molecule has 108 valence electrons. The van der Waals surface area contributed by atoms with Crippen LogP contribution in [0.25, 0.3) is 5.65 Å². The van der Waals surface area contributed by atoms with Crippen LogP contribution in [0, 0.1) is 0 Å². The first-order valence-corrected chi connectivity index (χ1v) is 8.31. The van der Waals surface area contributed by atoms with Crippen LogP contribution in [0.5, 0.6) is 0 Å². The molecular weight excluding hydrogens is 304 g/mol. The summed E-state index contributed by atoms with van der Waals surface area (Å²) in [6.07, 6.45) is 5.18. The van der Waals surface area contributed by atoms with Gasteiger partial charge in [0.05, 0.1) is 4.34 Å². The summed E-state index contributed by atoms with van der Waals surface area (Å²) < 4.78 is 2.94. The SMILES string of the molecule is Clc1cc2c(s1)CCC2NCCc1nnc2ccccn12. The van der Waals surface area contributed by atoms with Crippen molar-refractivity contribution in [3.8, 4) is 0 Å². The summed E-state index contributed by atoms with van der Waals surface area (Å²) in [5.41, 5.74) is 2.29. The van der Waals surface area contributed by atoms with Crippen LogP contribution in [-0.4, -0.2) is 21.1 Å². The fraction of sp³-hybridized carbons (Fsp3) is 0.333. The van der Waals surface area contributed by atoms with E-state index in [0.29, 0.717) is 6.04 Å². The van der Waals surface area contributed by atoms with Gasteiger partial charge in [-0.05, 0) is 36.6 Å². The molecule has 0 aromatic carbocycles. The molecule has 0 saturated carbocycles. The van der Waals surface area contributed by atoms with E-state index < -0.39 is 0 Å². The Morgan fingerprint density at radius 3 is 3.29 bits per heavy atom. The fourth-order valence-corrected chi connectivity index (χ4v) is 4.32. The Bertz CT molecular complexity index is 779. The van der Waals surface area contributed by atoms with E-state index >= 15 is 0 Å². The largest absolute Gasteiger partial charge is 0.309 e. The van der Waals surface area contributed by atoms with Gasteiger partial charge in [-0.15, -0.1) is 21.5 Å². The summed E-state index contributed by atoms with van der Waals surface area (Å²) in [6, 6.07) is 8.50. The third-order valence-electron chi connectivity index (χ3n) is 3.97. The number of nitrogens with zero attached hydrogens (tertiary/aromatic N) is 3. The van der Waals surface area contributed by atoms with Gasteiger partial charge in [-0.3, -0.25) is 4.40 Å². The molecule has 4 nitrogen and oxygen atoms in total. The van der Waals surface area contributed by atoms with Crippen LogP contribution in [0.3, 0.4) is 0 Å². The predicted octanol–water partition coefficient (Wildman–Crippen LogP) is 3.26. The van der Waals surface area contributed by atoms with Crippen molar-refractivity contribution in [2.75, 3.05) is 6.54 Å². The zero-order valence-electron chi connectivity index (χ0n) is 11.4. The molecule has 0 radical (unpaired) electrons. The Kier molecular flexibility index (Phi) is 3.41. The highest BCUT2D eigenvalue weighted by Crippen LogP contribution is 2.39. The Morgan fingerprint density at radius 1 is 1.38 bits per heavy atom. The number of hydrogen-bond donors (Lipinski definition) is 1. The van der Waals surface area contributed by atoms with Gasteiger partial charge in [0, 0.05) is 30.1 Å². The highest BCUT2D eigenvalue weighted by molar-refractivity contribution is 7.16. The van der Waals surface area contributed by atoms with Gasteiger partial charge in [0.1, 0.15) is 5.82 Å². The standard InChI is InChI=1S/C15H15ClN4S/c16-13-9-10-11(4-5-12(10)21-13)17-7-6-15-19-18-14-3-1-2-8-20(14)15/h1-3,8-9,11,17H,4-7H2. The molecule has 21 heavy (non-hydrogen) atoms. The number of halogens is 1. The second kappa shape index (κ2) is 5.40. The van der Waals surface area contributed by atoms with Crippen LogP contribution in [0.1, 0.15) is 28.7 Å². The van der Waals surface area contributed by atoms with E-state index in [1.807, 2.05) is 28.8 Å². The maximum absolute atomic E-state index is 6.09. The lowest BCUT2D eigenvalue weighted by Crippen LogP contribution is -2.22. The summed E-state index contributed by atoms with van der Waals surface area (Å²) in [7, 11) is 0. The molecule has 1 atom stereocenters. The van der Waals surface area contributed by atoms with Gasteiger partial charge in [-0.1, -0.05) is 17.7 Å². The molecule has 3 aromatic rings. The van der Waals surface area contributed by atoms with Crippen molar-refractivity contribution in [2.24, 2.45) is 0 Å². The van der Waals surface area contributed by atoms with Crippen molar-refractivity contribution in [1.82, 2.24) is 19.9 Å². The van der Waals surface area contributed by atoms with E-state index in [1.54, 1.807) is 11.3 Å².